The van der Waals surface area contributed by atoms with Crippen LogP contribution in [0.1, 0.15) is 44.1 Å². The number of amides is 1. The normalized spacial score (nSPS) is 15.5. The molecule has 1 aliphatic rings. The summed E-state index contributed by atoms with van der Waals surface area (Å²) >= 11 is 0. The molecular formula is C17H25NO3. The van der Waals surface area contributed by atoms with Crippen LogP contribution in [0, 0.1) is 5.92 Å². The van der Waals surface area contributed by atoms with Gasteiger partial charge in [0, 0.05) is 13.0 Å². The molecule has 0 unspecified atom stereocenters. The number of methoxy groups -OCH3 is 2. The highest BCUT2D eigenvalue weighted by molar-refractivity contribution is 5.76. The predicted molar refractivity (Wildman–Crippen MR) is 82.6 cm³/mol. The maximum absolute atomic E-state index is 12.0. The van der Waals surface area contributed by atoms with Crippen LogP contribution in [0.2, 0.25) is 0 Å². The van der Waals surface area contributed by atoms with Gasteiger partial charge in [-0.15, -0.1) is 0 Å². The molecule has 1 aromatic rings. The molecule has 0 radical (unpaired) electrons. The molecule has 1 aromatic carbocycles. The molecule has 1 aliphatic carbocycles. The van der Waals surface area contributed by atoms with Gasteiger partial charge in [0.05, 0.1) is 14.2 Å². The molecule has 1 N–H and O–H groups in total. The second-order valence-corrected chi connectivity index (χ2v) is 5.67. The summed E-state index contributed by atoms with van der Waals surface area (Å²) < 4.78 is 10.5. The zero-order chi connectivity index (χ0) is 15.1. The number of benzene rings is 1. The molecule has 0 aliphatic heterocycles. The van der Waals surface area contributed by atoms with Gasteiger partial charge >= 0.3 is 0 Å². The molecule has 1 saturated carbocycles. The summed E-state index contributed by atoms with van der Waals surface area (Å²) in [5.41, 5.74) is 1.02. The number of rotatable bonds is 6. The molecule has 4 heteroatoms. The van der Waals surface area contributed by atoms with Crippen LogP contribution in [0.4, 0.5) is 0 Å². The van der Waals surface area contributed by atoms with E-state index in [1.807, 2.05) is 18.2 Å². The summed E-state index contributed by atoms with van der Waals surface area (Å²) in [7, 11) is 3.23. The Morgan fingerprint density at radius 3 is 2.52 bits per heavy atom. The van der Waals surface area contributed by atoms with E-state index >= 15 is 0 Å². The lowest BCUT2D eigenvalue weighted by Crippen LogP contribution is -2.25. The SMILES string of the molecule is COc1ccc(CNC(=O)CC2CCCCC2)cc1OC. The zero-order valence-electron chi connectivity index (χ0n) is 13.0. The van der Waals surface area contributed by atoms with E-state index in [0.717, 1.165) is 5.56 Å². The topological polar surface area (TPSA) is 47.6 Å². The van der Waals surface area contributed by atoms with Gasteiger partial charge < -0.3 is 14.8 Å². The average Bonchev–Trinajstić information content (AvgIpc) is 2.53. The lowest BCUT2D eigenvalue weighted by atomic mass is 9.87. The number of carbonyl (C=O) groups excluding carboxylic acids is 1. The first kappa shape index (κ1) is 15.7. The Labute approximate surface area is 126 Å². The van der Waals surface area contributed by atoms with E-state index in [0.29, 0.717) is 30.4 Å². The van der Waals surface area contributed by atoms with E-state index in [1.54, 1.807) is 14.2 Å². The van der Waals surface area contributed by atoms with Gasteiger partial charge in [0.25, 0.3) is 0 Å². The van der Waals surface area contributed by atoms with Gasteiger partial charge in [-0.3, -0.25) is 4.79 Å². The van der Waals surface area contributed by atoms with Crippen LogP contribution in [-0.4, -0.2) is 20.1 Å². The maximum atomic E-state index is 12.0. The van der Waals surface area contributed by atoms with Gasteiger partial charge in [-0.05, 0) is 36.5 Å². The molecule has 116 valence electrons. The first-order valence-corrected chi connectivity index (χ1v) is 7.70. The maximum Gasteiger partial charge on any atom is 0.220 e. The number of nitrogens with one attached hydrogen (secondary N) is 1. The summed E-state index contributed by atoms with van der Waals surface area (Å²) in [5, 5.41) is 3.00. The van der Waals surface area contributed by atoms with Crippen molar-refractivity contribution in [1.82, 2.24) is 5.32 Å². The Hall–Kier alpha value is -1.71. The highest BCUT2D eigenvalue weighted by Gasteiger charge is 2.16. The summed E-state index contributed by atoms with van der Waals surface area (Å²) in [6, 6.07) is 5.71. The second kappa shape index (κ2) is 7.91. The Bertz CT molecular complexity index is 467. The fourth-order valence-electron chi connectivity index (χ4n) is 2.92. The molecule has 4 nitrogen and oxygen atoms in total. The van der Waals surface area contributed by atoms with E-state index in [-0.39, 0.29) is 5.91 Å². The summed E-state index contributed by atoms with van der Waals surface area (Å²) in [4.78, 5) is 12.0. The van der Waals surface area contributed by atoms with Gasteiger partial charge in [0.15, 0.2) is 11.5 Å². The lowest BCUT2D eigenvalue weighted by molar-refractivity contribution is -0.122. The third-order valence-electron chi connectivity index (χ3n) is 4.14. The smallest absolute Gasteiger partial charge is 0.220 e. The summed E-state index contributed by atoms with van der Waals surface area (Å²) in [5.74, 6) is 2.12. The summed E-state index contributed by atoms with van der Waals surface area (Å²) in [6.07, 6.45) is 6.92. The van der Waals surface area contributed by atoms with Crippen molar-refractivity contribution in [1.29, 1.82) is 0 Å². The first-order chi connectivity index (χ1) is 10.2. The standard InChI is InChI=1S/C17H25NO3/c1-20-15-9-8-14(10-16(15)21-2)12-18-17(19)11-13-6-4-3-5-7-13/h8-10,13H,3-7,11-12H2,1-2H3,(H,18,19). The molecule has 0 bridgehead atoms. The predicted octanol–water partition coefficient (Wildman–Crippen LogP) is 3.29. The van der Waals surface area contributed by atoms with Gasteiger partial charge in [-0.25, -0.2) is 0 Å². The minimum Gasteiger partial charge on any atom is -0.493 e. The quantitative estimate of drug-likeness (QED) is 0.875. The van der Waals surface area contributed by atoms with Crippen LogP contribution in [-0.2, 0) is 11.3 Å². The van der Waals surface area contributed by atoms with Crippen molar-refractivity contribution in [2.45, 2.75) is 45.1 Å². The molecule has 0 heterocycles. The number of ether oxygens (including phenoxy) is 2. The van der Waals surface area contributed by atoms with Crippen molar-refractivity contribution in [3.8, 4) is 11.5 Å². The first-order valence-electron chi connectivity index (χ1n) is 7.70. The molecule has 2 rings (SSSR count). The second-order valence-electron chi connectivity index (χ2n) is 5.67. The van der Waals surface area contributed by atoms with Crippen molar-refractivity contribution in [2.24, 2.45) is 5.92 Å². The van der Waals surface area contributed by atoms with Crippen molar-refractivity contribution in [2.75, 3.05) is 14.2 Å². The van der Waals surface area contributed by atoms with Gasteiger partial charge in [0.1, 0.15) is 0 Å². The van der Waals surface area contributed by atoms with Crippen molar-refractivity contribution < 1.29 is 14.3 Å². The molecule has 0 spiro atoms. The van der Waals surface area contributed by atoms with Gasteiger partial charge in [-0.2, -0.15) is 0 Å². The third kappa shape index (κ3) is 4.66. The van der Waals surface area contributed by atoms with E-state index < -0.39 is 0 Å². The van der Waals surface area contributed by atoms with E-state index in [1.165, 1.54) is 32.1 Å². The van der Waals surface area contributed by atoms with Crippen LogP contribution >= 0.6 is 0 Å². The fourth-order valence-corrected chi connectivity index (χ4v) is 2.92. The number of carbonyl (C=O) groups is 1. The van der Waals surface area contributed by atoms with Crippen molar-refractivity contribution >= 4 is 5.91 Å². The van der Waals surface area contributed by atoms with Gasteiger partial charge in [-0.1, -0.05) is 25.3 Å². The Morgan fingerprint density at radius 1 is 1.14 bits per heavy atom. The minimum atomic E-state index is 0.150. The van der Waals surface area contributed by atoms with E-state index in [9.17, 15) is 4.79 Å². The van der Waals surface area contributed by atoms with Gasteiger partial charge in [0.2, 0.25) is 5.91 Å². The van der Waals surface area contributed by atoms with Crippen LogP contribution in [0.25, 0.3) is 0 Å². The highest BCUT2D eigenvalue weighted by Crippen LogP contribution is 2.28. The van der Waals surface area contributed by atoms with Crippen LogP contribution in [0.5, 0.6) is 11.5 Å². The Morgan fingerprint density at radius 2 is 1.86 bits per heavy atom. The van der Waals surface area contributed by atoms with Crippen LogP contribution in [0.15, 0.2) is 18.2 Å². The molecule has 0 aromatic heterocycles. The van der Waals surface area contributed by atoms with Crippen molar-refractivity contribution in [3.63, 3.8) is 0 Å². The Balaban J connectivity index is 1.83. The number of hydrogen-bond acceptors (Lipinski definition) is 3. The molecular weight excluding hydrogens is 266 g/mol. The molecule has 0 saturated heterocycles. The molecule has 0 atom stereocenters. The van der Waals surface area contributed by atoms with Crippen LogP contribution in [0.3, 0.4) is 0 Å². The largest absolute Gasteiger partial charge is 0.493 e. The Kier molecular flexibility index (Phi) is 5.90. The van der Waals surface area contributed by atoms with Crippen LogP contribution < -0.4 is 14.8 Å². The monoisotopic (exact) mass is 291 g/mol. The lowest BCUT2D eigenvalue weighted by Gasteiger charge is -2.20. The van der Waals surface area contributed by atoms with E-state index in [4.69, 9.17) is 9.47 Å². The highest BCUT2D eigenvalue weighted by atomic mass is 16.5. The fraction of sp³-hybridized carbons (Fsp3) is 0.588. The molecule has 21 heavy (non-hydrogen) atoms. The van der Waals surface area contributed by atoms with Crippen molar-refractivity contribution in [3.05, 3.63) is 23.8 Å². The number of hydrogen-bond donors (Lipinski definition) is 1. The molecule has 1 fully saturated rings. The average molecular weight is 291 g/mol. The van der Waals surface area contributed by atoms with E-state index in [2.05, 4.69) is 5.32 Å². The minimum absolute atomic E-state index is 0.150. The third-order valence-corrected chi connectivity index (χ3v) is 4.14. The summed E-state index contributed by atoms with van der Waals surface area (Å²) in [6.45, 7) is 0.534. The molecule has 1 amide bonds. The zero-order valence-corrected chi connectivity index (χ0v) is 13.0.